The van der Waals surface area contributed by atoms with Crippen LogP contribution in [0.25, 0.3) is 0 Å². The molecule has 25 heavy (non-hydrogen) atoms. The topological polar surface area (TPSA) is 119 Å². The maximum Gasteiger partial charge on any atom is 0.414 e. The van der Waals surface area contributed by atoms with Gasteiger partial charge in [-0.25, -0.2) is 13.2 Å². The maximum atomic E-state index is 12.4. The molecule has 1 fully saturated rings. The van der Waals surface area contributed by atoms with E-state index in [1.54, 1.807) is 0 Å². The van der Waals surface area contributed by atoms with Crippen LogP contribution in [-0.4, -0.2) is 32.6 Å². The fourth-order valence-electron chi connectivity index (χ4n) is 2.33. The molecule has 0 atom stereocenters. The number of nitrogens with one attached hydrogen (secondary N) is 1. The number of ether oxygens (including phenoxy) is 1. The van der Waals surface area contributed by atoms with Gasteiger partial charge >= 0.3 is 6.09 Å². The molecule has 0 radical (unpaired) electrons. The summed E-state index contributed by atoms with van der Waals surface area (Å²) >= 11 is 0. The lowest BCUT2D eigenvalue weighted by molar-refractivity contribution is -0.384. The van der Waals surface area contributed by atoms with E-state index in [1.807, 2.05) is 0 Å². The van der Waals surface area contributed by atoms with Crippen molar-refractivity contribution < 1.29 is 22.9 Å². The Morgan fingerprint density at radius 3 is 2.48 bits per heavy atom. The Morgan fingerprint density at radius 1 is 1.16 bits per heavy atom. The number of hydrogen-bond donors (Lipinski definition) is 1. The molecule has 1 aliphatic heterocycles. The van der Waals surface area contributed by atoms with Gasteiger partial charge in [-0.1, -0.05) is 6.07 Å². The second-order valence-electron chi connectivity index (χ2n) is 5.17. The zero-order chi connectivity index (χ0) is 18.0. The van der Waals surface area contributed by atoms with Crippen LogP contribution >= 0.6 is 0 Å². The van der Waals surface area contributed by atoms with E-state index in [2.05, 4.69) is 4.72 Å². The molecule has 10 heteroatoms. The second kappa shape index (κ2) is 6.40. The van der Waals surface area contributed by atoms with Crippen molar-refractivity contribution in [3.63, 3.8) is 0 Å². The Kier molecular flexibility index (Phi) is 4.28. The number of non-ortho nitro benzene ring substituents is 1. The van der Waals surface area contributed by atoms with E-state index < -0.39 is 21.0 Å². The predicted octanol–water partition coefficient (Wildman–Crippen LogP) is 2.35. The molecule has 1 heterocycles. The molecule has 3 rings (SSSR count). The number of rotatable bonds is 5. The number of amides is 1. The van der Waals surface area contributed by atoms with Crippen molar-refractivity contribution in [3.8, 4) is 0 Å². The Balaban J connectivity index is 1.81. The molecule has 2 aromatic rings. The van der Waals surface area contributed by atoms with E-state index in [0.29, 0.717) is 12.2 Å². The van der Waals surface area contributed by atoms with Gasteiger partial charge in [0.15, 0.2) is 0 Å². The fraction of sp³-hybridized carbons (Fsp3) is 0.133. The summed E-state index contributed by atoms with van der Waals surface area (Å²) in [5.41, 5.74) is 0.390. The number of nitrogens with zero attached hydrogens (tertiary/aromatic N) is 2. The quantitative estimate of drug-likeness (QED) is 0.643. The zero-order valence-corrected chi connectivity index (χ0v) is 13.6. The van der Waals surface area contributed by atoms with Gasteiger partial charge < -0.3 is 4.74 Å². The van der Waals surface area contributed by atoms with Crippen LogP contribution in [0, 0.1) is 10.1 Å². The zero-order valence-electron chi connectivity index (χ0n) is 12.8. The van der Waals surface area contributed by atoms with Gasteiger partial charge in [0.1, 0.15) is 6.61 Å². The van der Waals surface area contributed by atoms with E-state index in [4.69, 9.17) is 4.74 Å². The molecule has 0 aromatic heterocycles. The van der Waals surface area contributed by atoms with Crippen molar-refractivity contribution in [2.24, 2.45) is 0 Å². The first-order valence-electron chi connectivity index (χ1n) is 7.18. The minimum absolute atomic E-state index is 0.0321. The monoisotopic (exact) mass is 363 g/mol. The summed E-state index contributed by atoms with van der Waals surface area (Å²) in [4.78, 5) is 23.0. The van der Waals surface area contributed by atoms with Crippen molar-refractivity contribution in [2.45, 2.75) is 4.90 Å². The third-order valence-corrected chi connectivity index (χ3v) is 4.93. The van der Waals surface area contributed by atoms with Crippen LogP contribution in [-0.2, 0) is 14.8 Å². The number of carbonyl (C=O) groups excluding carboxylic acids is 1. The summed E-state index contributed by atoms with van der Waals surface area (Å²) in [5, 5.41) is 10.8. The normalized spacial score (nSPS) is 14.2. The second-order valence-corrected chi connectivity index (χ2v) is 6.86. The Labute approximate surface area is 143 Å². The van der Waals surface area contributed by atoms with Gasteiger partial charge in [0, 0.05) is 17.8 Å². The van der Waals surface area contributed by atoms with Crippen LogP contribution in [0.1, 0.15) is 0 Å². The Morgan fingerprint density at radius 2 is 1.88 bits per heavy atom. The smallest absolute Gasteiger partial charge is 0.414 e. The van der Waals surface area contributed by atoms with Gasteiger partial charge in [-0.15, -0.1) is 0 Å². The summed E-state index contributed by atoms with van der Waals surface area (Å²) in [6.07, 6.45) is -0.481. The minimum Gasteiger partial charge on any atom is -0.447 e. The number of anilines is 2. The van der Waals surface area contributed by atoms with Crippen LogP contribution in [0.15, 0.2) is 53.4 Å². The summed E-state index contributed by atoms with van der Waals surface area (Å²) in [6.45, 7) is 0.685. The van der Waals surface area contributed by atoms with Crippen LogP contribution in [0.3, 0.4) is 0 Å². The first kappa shape index (κ1) is 16.7. The van der Waals surface area contributed by atoms with Crippen molar-refractivity contribution >= 4 is 33.2 Å². The first-order chi connectivity index (χ1) is 11.9. The van der Waals surface area contributed by atoms with Gasteiger partial charge in [0.2, 0.25) is 0 Å². The van der Waals surface area contributed by atoms with Crippen LogP contribution in [0.5, 0.6) is 0 Å². The lowest BCUT2D eigenvalue weighted by Gasteiger charge is -2.13. The number of benzene rings is 2. The predicted molar refractivity (Wildman–Crippen MR) is 89.0 cm³/mol. The summed E-state index contributed by atoms with van der Waals surface area (Å²) in [7, 11) is -3.92. The third kappa shape index (κ3) is 3.53. The highest BCUT2D eigenvalue weighted by Gasteiger charge is 2.24. The van der Waals surface area contributed by atoms with Gasteiger partial charge in [0.05, 0.1) is 22.1 Å². The van der Waals surface area contributed by atoms with E-state index in [0.717, 1.165) is 6.07 Å². The average molecular weight is 363 g/mol. The average Bonchev–Trinajstić information content (AvgIpc) is 3.01. The SMILES string of the molecule is O=C1OCCN1c1ccc(S(=O)(=O)Nc2cccc([N+](=O)[O-])c2)cc1. The van der Waals surface area contributed by atoms with E-state index in [9.17, 15) is 23.3 Å². The minimum atomic E-state index is -3.92. The number of hydrogen-bond acceptors (Lipinski definition) is 6. The Bertz CT molecular complexity index is 927. The Hall–Kier alpha value is -3.14. The molecule has 0 bridgehead atoms. The van der Waals surface area contributed by atoms with Gasteiger partial charge in [-0.05, 0) is 30.3 Å². The molecule has 2 aromatic carbocycles. The van der Waals surface area contributed by atoms with Crippen molar-refractivity contribution in [1.82, 2.24) is 0 Å². The molecular formula is C15H13N3O6S. The molecular weight excluding hydrogens is 350 g/mol. The maximum absolute atomic E-state index is 12.4. The first-order valence-corrected chi connectivity index (χ1v) is 8.67. The molecule has 1 saturated heterocycles. The number of nitro groups is 1. The molecule has 0 unspecified atom stereocenters. The third-order valence-electron chi connectivity index (χ3n) is 3.53. The molecule has 0 aliphatic carbocycles. The standard InChI is InChI=1S/C15H13N3O6S/c19-15-17(8-9-24-15)12-4-6-14(7-5-12)25(22,23)16-11-2-1-3-13(10-11)18(20)21/h1-7,10,16H,8-9H2. The summed E-state index contributed by atoms with van der Waals surface area (Å²) in [6, 6.07) is 10.9. The molecule has 1 N–H and O–H groups in total. The molecule has 9 nitrogen and oxygen atoms in total. The molecule has 1 aliphatic rings. The largest absolute Gasteiger partial charge is 0.447 e. The highest BCUT2D eigenvalue weighted by atomic mass is 32.2. The number of carbonyl (C=O) groups is 1. The van der Waals surface area contributed by atoms with Crippen LogP contribution in [0.4, 0.5) is 21.9 Å². The molecule has 1 amide bonds. The number of cyclic esters (lactones) is 1. The summed E-state index contributed by atoms with van der Waals surface area (Å²) in [5.74, 6) is 0. The summed E-state index contributed by atoms with van der Waals surface area (Å²) < 4.78 is 31.9. The fourth-order valence-corrected chi connectivity index (χ4v) is 3.38. The molecule has 0 spiro atoms. The molecule has 0 saturated carbocycles. The van der Waals surface area contributed by atoms with Gasteiger partial charge in [-0.2, -0.15) is 0 Å². The lowest BCUT2D eigenvalue weighted by Crippen LogP contribution is -2.23. The van der Waals surface area contributed by atoms with E-state index in [-0.39, 0.29) is 22.9 Å². The molecule has 130 valence electrons. The number of sulfonamides is 1. The van der Waals surface area contributed by atoms with Crippen molar-refractivity contribution in [2.75, 3.05) is 22.8 Å². The lowest BCUT2D eigenvalue weighted by atomic mass is 10.3. The highest BCUT2D eigenvalue weighted by Crippen LogP contribution is 2.24. The van der Waals surface area contributed by atoms with Gasteiger partial charge in [-0.3, -0.25) is 19.7 Å². The van der Waals surface area contributed by atoms with Crippen LogP contribution < -0.4 is 9.62 Å². The van der Waals surface area contributed by atoms with Crippen LogP contribution in [0.2, 0.25) is 0 Å². The highest BCUT2D eigenvalue weighted by molar-refractivity contribution is 7.92. The van der Waals surface area contributed by atoms with Crippen molar-refractivity contribution in [1.29, 1.82) is 0 Å². The van der Waals surface area contributed by atoms with Gasteiger partial charge in [0.25, 0.3) is 15.7 Å². The van der Waals surface area contributed by atoms with E-state index in [1.165, 1.54) is 47.4 Å². The van der Waals surface area contributed by atoms with E-state index >= 15 is 0 Å². The van der Waals surface area contributed by atoms with Crippen molar-refractivity contribution in [3.05, 3.63) is 58.6 Å². The number of nitro benzene ring substituents is 1.